The Morgan fingerprint density at radius 2 is 1.90 bits per heavy atom. The fourth-order valence-electron chi connectivity index (χ4n) is 2.74. The first-order chi connectivity index (χ1) is 14.0. The van der Waals surface area contributed by atoms with Crippen LogP contribution in [0, 0.1) is 5.92 Å². The Kier molecular flexibility index (Phi) is 8.75. The molecule has 0 radical (unpaired) electrons. The second-order valence-electron chi connectivity index (χ2n) is 6.40. The maximum Gasteiger partial charge on any atom is 0.338 e. The highest BCUT2D eigenvalue weighted by atomic mass is 16.5. The van der Waals surface area contributed by atoms with Crippen molar-refractivity contribution in [1.29, 1.82) is 0 Å². The number of benzene rings is 1. The van der Waals surface area contributed by atoms with Crippen molar-refractivity contribution >= 4 is 29.8 Å². The highest BCUT2D eigenvalue weighted by molar-refractivity contribution is 5.98. The fourth-order valence-corrected chi connectivity index (χ4v) is 2.74. The van der Waals surface area contributed by atoms with Crippen molar-refractivity contribution in [2.45, 2.75) is 26.2 Å². The number of carbonyl (C=O) groups excluding carboxylic acids is 4. The van der Waals surface area contributed by atoms with Gasteiger partial charge in [0.25, 0.3) is 0 Å². The van der Waals surface area contributed by atoms with Crippen molar-refractivity contribution in [3.05, 3.63) is 47.7 Å². The summed E-state index contributed by atoms with van der Waals surface area (Å²) in [5.41, 5.74) is 0.870. The van der Waals surface area contributed by atoms with Crippen LogP contribution in [-0.4, -0.2) is 49.6 Å². The van der Waals surface area contributed by atoms with Crippen LogP contribution >= 0.6 is 0 Å². The van der Waals surface area contributed by atoms with E-state index in [2.05, 4.69) is 10.3 Å². The third-order valence-electron chi connectivity index (χ3n) is 4.07. The number of aliphatic imine (C=N–C) groups is 1. The summed E-state index contributed by atoms with van der Waals surface area (Å²) in [6.45, 7) is 2.10. The number of nitrogens with zero attached hydrogens (tertiary/aromatic N) is 1. The van der Waals surface area contributed by atoms with Crippen LogP contribution in [0.3, 0.4) is 0 Å². The number of esters is 2. The molecule has 1 aliphatic heterocycles. The van der Waals surface area contributed by atoms with Crippen LogP contribution in [0.15, 0.2) is 47.1 Å². The van der Waals surface area contributed by atoms with E-state index in [1.54, 1.807) is 43.5 Å². The molecule has 0 aromatic heterocycles. The molecule has 154 valence electrons. The lowest BCUT2D eigenvalue weighted by Gasteiger charge is -2.16. The molecular weight excluding hydrogens is 376 g/mol. The molecule has 0 spiro atoms. The van der Waals surface area contributed by atoms with E-state index in [1.807, 2.05) is 0 Å². The molecule has 1 amide bonds. The first-order valence-electron chi connectivity index (χ1n) is 9.39. The van der Waals surface area contributed by atoms with E-state index in [0.717, 1.165) is 0 Å². The smallest absolute Gasteiger partial charge is 0.338 e. The number of Topliss-reactive ketones (excluding diaryl/α,β-unsaturated/α-hetero) is 1. The minimum Gasteiger partial charge on any atom is -0.466 e. The van der Waals surface area contributed by atoms with Crippen molar-refractivity contribution < 1.29 is 28.7 Å². The van der Waals surface area contributed by atoms with E-state index in [0.29, 0.717) is 17.6 Å². The van der Waals surface area contributed by atoms with Crippen LogP contribution < -0.4 is 5.32 Å². The van der Waals surface area contributed by atoms with Gasteiger partial charge in [0, 0.05) is 30.3 Å². The third kappa shape index (κ3) is 7.69. The maximum absolute atomic E-state index is 12.3. The minimum atomic E-state index is -0.552. The van der Waals surface area contributed by atoms with E-state index in [9.17, 15) is 19.2 Å². The van der Waals surface area contributed by atoms with E-state index in [4.69, 9.17) is 9.47 Å². The van der Waals surface area contributed by atoms with Crippen molar-refractivity contribution in [3.8, 4) is 0 Å². The van der Waals surface area contributed by atoms with Gasteiger partial charge in [0.2, 0.25) is 5.91 Å². The molecule has 1 atom stereocenters. The highest BCUT2D eigenvalue weighted by Gasteiger charge is 2.22. The molecule has 29 heavy (non-hydrogen) atoms. The second-order valence-corrected chi connectivity index (χ2v) is 6.40. The Balaban J connectivity index is 1.70. The molecule has 8 nitrogen and oxygen atoms in total. The lowest BCUT2D eigenvalue weighted by molar-refractivity contribution is -0.145. The van der Waals surface area contributed by atoms with Crippen LogP contribution in [0.1, 0.15) is 36.5 Å². The molecule has 1 heterocycles. The van der Waals surface area contributed by atoms with Crippen molar-refractivity contribution in [2.24, 2.45) is 10.9 Å². The molecule has 1 aromatic rings. The Bertz CT molecular complexity index is 801. The van der Waals surface area contributed by atoms with E-state index in [-0.39, 0.29) is 50.2 Å². The molecule has 0 saturated carbocycles. The van der Waals surface area contributed by atoms with Crippen molar-refractivity contribution in [2.75, 3.05) is 19.8 Å². The number of ketones is 1. The predicted octanol–water partition coefficient (Wildman–Crippen LogP) is 1.85. The van der Waals surface area contributed by atoms with Gasteiger partial charge in [-0.15, -0.1) is 0 Å². The molecule has 0 fully saturated rings. The Morgan fingerprint density at radius 3 is 2.62 bits per heavy atom. The molecule has 1 aromatic carbocycles. The largest absolute Gasteiger partial charge is 0.466 e. The number of carbonyl (C=O) groups is 4. The zero-order valence-corrected chi connectivity index (χ0v) is 16.3. The quantitative estimate of drug-likeness (QED) is 0.364. The molecule has 0 bridgehead atoms. The van der Waals surface area contributed by atoms with Crippen LogP contribution in [0.5, 0.6) is 0 Å². The summed E-state index contributed by atoms with van der Waals surface area (Å²) in [5, 5.41) is 2.66. The van der Waals surface area contributed by atoms with Gasteiger partial charge in [0.1, 0.15) is 18.8 Å². The zero-order valence-electron chi connectivity index (χ0n) is 16.3. The minimum absolute atomic E-state index is 0.0392. The molecule has 2 rings (SSSR count). The molecule has 8 heteroatoms. The lowest BCUT2D eigenvalue weighted by Crippen LogP contribution is -2.31. The summed E-state index contributed by atoms with van der Waals surface area (Å²) in [7, 11) is 0. The normalized spacial score (nSPS) is 15.2. The number of rotatable bonds is 10. The first-order valence-corrected chi connectivity index (χ1v) is 9.39. The summed E-state index contributed by atoms with van der Waals surface area (Å²) >= 11 is 0. The van der Waals surface area contributed by atoms with E-state index >= 15 is 0 Å². The predicted molar refractivity (Wildman–Crippen MR) is 105 cm³/mol. The van der Waals surface area contributed by atoms with Crippen molar-refractivity contribution in [1.82, 2.24) is 5.32 Å². The lowest BCUT2D eigenvalue weighted by atomic mass is 9.93. The fraction of sp³-hybridized carbons (Fsp3) is 0.381. The van der Waals surface area contributed by atoms with Gasteiger partial charge in [-0.25, -0.2) is 4.79 Å². The monoisotopic (exact) mass is 400 g/mol. The zero-order chi connectivity index (χ0) is 21.1. The number of hydrogen-bond acceptors (Lipinski definition) is 7. The summed E-state index contributed by atoms with van der Waals surface area (Å²) in [4.78, 5) is 51.4. The van der Waals surface area contributed by atoms with E-state index < -0.39 is 11.9 Å². The molecule has 1 N–H and O–H groups in total. The summed E-state index contributed by atoms with van der Waals surface area (Å²) in [6.07, 6.45) is 3.21. The molecule has 1 aliphatic rings. The number of hydrogen-bond donors (Lipinski definition) is 1. The molecule has 0 saturated heterocycles. The topological polar surface area (TPSA) is 111 Å². The molecule has 0 aliphatic carbocycles. The Hall–Kier alpha value is -3.29. The van der Waals surface area contributed by atoms with Gasteiger partial charge in [-0.1, -0.05) is 18.2 Å². The number of ether oxygens (including phenoxy) is 2. The van der Waals surface area contributed by atoms with Gasteiger partial charge in [-0.2, -0.15) is 0 Å². The van der Waals surface area contributed by atoms with Gasteiger partial charge < -0.3 is 14.8 Å². The molecule has 1 unspecified atom stereocenters. The van der Waals surface area contributed by atoms with Gasteiger partial charge in [0.05, 0.1) is 18.7 Å². The van der Waals surface area contributed by atoms with Gasteiger partial charge in [-0.05, 0) is 25.5 Å². The van der Waals surface area contributed by atoms with Crippen LogP contribution in [0.2, 0.25) is 0 Å². The SMILES string of the molecule is CCOC(=O)CC(=O)CC1C=NC=C(C(=O)NCCOC(=O)c2ccccc2)C1. The van der Waals surface area contributed by atoms with Crippen LogP contribution in [0.25, 0.3) is 0 Å². The summed E-state index contributed by atoms with van der Waals surface area (Å²) < 4.78 is 9.86. The van der Waals surface area contributed by atoms with Crippen molar-refractivity contribution in [3.63, 3.8) is 0 Å². The summed E-state index contributed by atoms with van der Waals surface area (Å²) in [5.74, 6) is -1.85. The Morgan fingerprint density at radius 1 is 1.14 bits per heavy atom. The number of nitrogens with one attached hydrogen (secondary N) is 1. The highest BCUT2D eigenvalue weighted by Crippen LogP contribution is 2.19. The number of amides is 1. The first kappa shape index (κ1) is 22.0. The Labute approximate surface area is 169 Å². The van der Waals surface area contributed by atoms with Gasteiger partial charge >= 0.3 is 11.9 Å². The second kappa shape index (κ2) is 11.5. The van der Waals surface area contributed by atoms with E-state index in [1.165, 1.54) is 6.20 Å². The standard InChI is InChI=1S/C21H24N2O6/c1-2-28-19(25)12-18(24)11-15-10-17(14-22-13-15)20(26)23-8-9-29-21(27)16-6-4-3-5-7-16/h3-7,13-15H,2,8-12H2,1H3,(H,23,26). The van der Waals surface area contributed by atoms with Crippen LogP contribution in [-0.2, 0) is 23.9 Å². The van der Waals surface area contributed by atoms with Crippen LogP contribution in [0.4, 0.5) is 0 Å². The maximum atomic E-state index is 12.3. The molecular formula is C21H24N2O6. The average Bonchev–Trinajstić information content (AvgIpc) is 2.71. The van der Waals surface area contributed by atoms with Gasteiger partial charge in [0.15, 0.2) is 0 Å². The summed E-state index contributed by atoms with van der Waals surface area (Å²) in [6, 6.07) is 8.57. The average molecular weight is 400 g/mol. The van der Waals surface area contributed by atoms with Gasteiger partial charge in [-0.3, -0.25) is 19.4 Å². The third-order valence-corrected chi connectivity index (χ3v) is 4.07.